The molecule has 6 nitrogen and oxygen atoms in total. The van der Waals surface area contributed by atoms with Crippen molar-refractivity contribution in [2.75, 3.05) is 0 Å². The Morgan fingerprint density at radius 1 is 0.723 bits per heavy atom. The van der Waals surface area contributed by atoms with E-state index >= 15 is 0 Å². The van der Waals surface area contributed by atoms with Crippen molar-refractivity contribution in [1.82, 2.24) is 19.3 Å². The summed E-state index contributed by atoms with van der Waals surface area (Å²) in [6, 6.07) is 37.2. The van der Waals surface area contributed by atoms with E-state index in [0.717, 1.165) is 50.0 Å². The van der Waals surface area contributed by atoms with E-state index in [-0.39, 0.29) is 21.1 Å². The van der Waals surface area contributed by atoms with E-state index in [4.69, 9.17) is 19.2 Å². The topological polar surface area (TPSA) is 58.0 Å². The van der Waals surface area contributed by atoms with Crippen LogP contribution in [0.15, 0.2) is 114 Å². The van der Waals surface area contributed by atoms with Crippen molar-refractivity contribution in [3.63, 3.8) is 0 Å². The molecule has 234 valence electrons. The van der Waals surface area contributed by atoms with Gasteiger partial charge in [0.05, 0.1) is 11.6 Å². The van der Waals surface area contributed by atoms with Gasteiger partial charge in [-0.15, -0.1) is 36.4 Å². The molecule has 47 heavy (non-hydrogen) atoms. The SMILES string of the molecule is CC(C)c1cccc(C(C)C)c1-c1cnn(-c2[c-]c(Oc3[c-]c(-n4c5ncccc5c5oc6ccccc6c54)ccc3)ccc2)c1.[Pt+2]. The van der Waals surface area contributed by atoms with Crippen LogP contribution in [0.1, 0.15) is 50.7 Å². The van der Waals surface area contributed by atoms with Gasteiger partial charge in [-0.05, 0) is 58.5 Å². The first-order chi connectivity index (χ1) is 22.5. The molecule has 0 fully saturated rings. The summed E-state index contributed by atoms with van der Waals surface area (Å²) in [5, 5.41) is 6.71. The summed E-state index contributed by atoms with van der Waals surface area (Å²) >= 11 is 0. The van der Waals surface area contributed by atoms with Crippen LogP contribution >= 0.6 is 0 Å². The molecule has 0 atom stereocenters. The predicted octanol–water partition coefficient (Wildman–Crippen LogP) is 10.4. The van der Waals surface area contributed by atoms with E-state index < -0.39 is 0 Å². The van der Waals surface area contributed by atoms with Crippen molar-refractivity contribution in [2.45, 2.75) is 39.5 Å². The second-order valence-electron chi connectivity index (χ2n) is 12.2. The van der Waals surface area contributed by atoms with Crippen molar-refractivity contribution in [3.05, 3.63) is 133 Å². The summed E-state index contributed by atoms with van der Waals surface area (Å²) in [6.07, 6.45) is 5.83. The molecule has 4 aromatic heterocycles. The molecule has 0 bridgehead atoms. The molecule has 0 amide bonds. The minimum atomic E-state index is 0. The zero-order valence-electron chi connectivity index (χ0n) is 26.5. The summed E-state index contributed by atoms with van der Waals surface area (Å²) in [7, 11) is 0. The van der Waals surface area contributed by atoms with Gasteiger partial charge in [0.2, 0.25) is 0 Å². The molecule has 0 N–H and O–H groups in total. The van der Waals surface area contributed by atoms with Crippen LogP contribution in [0, 0.1) is 12.1 Å². The van der Waals surface area contributed by atoms with Crippen LogP contribution in [0.4, 0.5) is 0 Å². The third-order valence-electron chi connectivity index (χ3n) is 8.49. The van der Waals surface area contributed by atoms with Gasteiger partial charge in [0.15, 0.2) is 5.58 Å². The van der Waals surface area contributed by atoms with Crippen molar-refractivity contribution >= 4 is 33.1 Å². The number of nitrogens with zero attached hydrogens (tertiary/aromatic N) is 4. The first-order valence-electron chi connectivity index (χ1n) is 15.6. The molecule has 7 heteroatoms. The largest absolute Gasteiger partial charge is 2.00 e. The third kappa shape index (κ3) is 5.37. The molecule has 0 spiro atoms. The van der Waals surface area contributed by atoms with Crippen molar-refractivity contribution < 1.29 is 30.2 Å². The van der Waals surface area contributed by atoms with Crippen molar-refractivity contribution in [1.29, 1.82) is 0 Å². The van der Waals surface area contributed by atoms with Crippen molar-refractivity contribution in [2.24, 2.45) is 0 Å². The van der Waals surface area contributed by atoms with Crippen LogP contribution in [0.25, 0.3) is 55.6 Å². The number of benzene rings is 4. The Hall–Kier alpha value is -4.93. The molecule has 4 heterocycles. The van der Waals surface area contributed by atoms with Gasteiger partial charge >= 0.3 is 21.1 Å². The number of rotatable bonds is 7. The standard InChI is InChI=1S/C40H32N4O2.Pt/c1-25(2)32-16-9-17-33(26(3)4)37(32)27-23-42-43(24-27)28-11-7-13-30(21-28)45-31-14-8-12-29(22-31)44-38-34-15-5-6-19-36(34)46-39(38)35-18-10-20-41-40(35)44;/h5-20,23-26H,1-4H3;/q-2;+2. The van der Waals surface area contributed by atoms with Gasteiger partial charge in [0, 0.05) is 34.8 Å². The minimum absolute atomic E-state index is 0. The molecule has 4 aromatic carbocycles. The van der Waals surface area contributed by atoms with E-state index in [9.17, 15) is 0 Å². The Balaban J connectivity index is 0.00000351. The second kappa shape index (κ2) is 12.3. The Morgan fingerprint density at radius 3 is 2.13 bits per heavy atom. The zero-order chi connectivity index (χ0) is 31.4. The van der Waals surface area contributed by atoms with E-state index in [1.165, 1.54) is 16.7 Å². The second-order valence-corrected chi connectivity index (χ2v) is 12.2. The van der Waals surface area contributed by atoms with Crippen LogP contribution in [0.3, 0.4) is 0 Å². The van der Waals surface area contributed by atoms with Gasteiger partial charge in [-0.2, -0.15) is 17.2 Å². The average molecular weight is 796 g/mol. The Bertz CT molecular complexity index is 2350. The maximum Gasteiger partial charge on any atom is 2.00 e. The van der Waals surface area contributed by atoms with Crippen LogP contribution in [0.2, 0.25) is 0 Å². The molecule has 8 rings (SSSR count). The van der Waals surface area contributed by atoms with Gasteiger partial charge in [0.1, 0.15) is 16.7 Å². The number of pyridine rings is 1. The van der Waals surface area contributed by atoms with Crippen molar-refractivity contribution in [3.8, 4) is 34.0 Å². The number of fused-ring (bicyclic) bond motifs is 5. The fraction of sp³-hybridized carbons (Fsp3) is 0.150. The molecule has 0 aliphatic carbocycles. The molecular formula is C40H32N4O2Pt. The number of hydrogen-bond donors (Lipinski definition) is 0. The smallest absolute Gasteiger partial charge is 0.509 e. The van der Waals surface area contributed by atoms with Gasteiger partial charge in [-0.1, -0.05) is 63.7 Å². The Kier molecular flexibility index (Phi) is 8.07. The Morgan fingerprint density at radius 2 is 1.38 bits per heavy atom. The molecular weight excluding hydrogens is 764 g/mol. The van der Waals surface area contributed by atoms with Crippen LogP contribution in [-0.4, -0.2) is 19.3 Å². The van der Waals surface area contributed by atoms with Gasteiger partial charge in [-0.3, -0.25) is 4.68 Å². The van der Waals surface area contributed by atoms with Gasteiger partial charge in [-0.25, -0.2) is 4.98 Å². The quantitative estimate of drug-likeness (QED) is 0.151. The first kappa shape index (κ1) is 30.7. The van der Waals surface area contributed by atoms with Crippen LogP contribution in [-0.2, 0) is 21.1 Å². The molecule has 0 saturated carbocycles. The summed E-state index contributed by atoms with van der Waals surface area (Å²) in [4.78, 5) is 4.71. The Labute approximate surface area is 287 Å². The van der Waals surface area contributed by atoms with Gasteiger partial charge < -0.3 is 13.7 Å². The monoisotopic (exact) mass is 795 g/mol. The normalized spacial score (nSPS) is 11.6. The number of furan rings is 1. The number of hydrogen-bond acceptors (Lipinski definition) is 4. The molecule has 0 aliphatic rings. The zero-order valence-corrected chi connectivity index (χ0v) is 28.7. The maximum absolute atomic E-state index is 6.36. The maximum atomic E-state index is 6.36. The summed E-state index contributed by atoms with van der Waals surface area (Å²) in [6.45, 7) is 8.96. The van der Waals surface area contributed by atoms with Gasteiger partial charge in [0.25, 0.3) is 0 Å². The van der Waals surface area contributed by atoms with E-state index in [0.29, 0.717) is 23.3 Å². The number of para-hydroxylation sites is 1. The van der Waals surface area contributed by atoms with E-state index in [1.807, 2.05) is 77.6 Å². The molecule has 0 saturated heterocycles. The first-order valence-corrected chi connectivity index (χ1v) is 15.6. The van der Waals surface area contributed by atoms with Crippen LogP contribution < -0.4 is 4.74 Å². The molecule has 8 aromatic rings. The number of ether oxygens (including phenoxy) is 1. The fourth-order valence-corrected chi connectivity index (χ4v) is 6.37. The van der Waals surface area contributed by atoms with E-state index in [2.05, 4.69) is 74.9 Å². The minimum Gasteiger partial charge on any atom is -0.509 e. The molecule has 0 aliphatic heterocycles. The summed E-state index contributed by atoms with van der Waals surface area (Å²) in [5.41, 5.74) is 10.0. The van der Waals surface area contributed by atoms with Crippen LogP contribution in [0.5, 0.6) is 11.5 Å². The molecule has 0 unspecified atom stereocenters. The summed E-state index contributed by atoms with van der Waals surface area (Å²) < 4.78 is 16.6. The summed E-state index contributed by atoms with van der Waals surface area (Å²) in [5.74, 6) is 1.94. The van der Waals surface area contributed by atoms with E-state index in [1.54, 1.807) is 6.20 Å². The third-order valence-corrected chi connectivity index (χ3v) is 8.49. The number of aromatic nitrogens is 4. The average Bonchev–Trinajstić information content (AvgIpc) is 3.79. The molecule has 0 radical (unpaired) electrons. The fourth-order valence-electron chi connectivity index (χ4n) is 6.37. The predicted molar refractivity (Wildman–Crippen MR) is 183 cm³/mol.